The van der Waals surface area contributed by atoms with Crippen molar-refractivity contribution >= 4 is 17.5 Å². The first kappa shape index (κ1) is 18.8. The van der Waals surface area contributed by atoms with Gasteiger partial charge in [-0.3, -0.25) is 9.59 Å². The Morgan fingerprint density at radius 2 is 1.93 bits per heavy atom. The third kappa shape index (κ3) is 3.89. The molecule has 2 amide bonds. The molecule has 6 nitrogen and oxygen atoms in total. The maximum atomic E-state index is 13.2. The van der Waals surface area contributed by atoms with Crippen LogP contribution in [0.15, 0.2) is 30.3 Å². The number of nitrogens with two attached hydrogens (primary N) is 1. The summed E-state index contributed by atoms with van der Waals surface area (Å²) >= 11 is 0. The molecule has 0 aromatic heterocycles. The van der Waals surface area contributed by atoms with E-state index in [2.05, 4.69) is 19.1 Å². The minimum atomic E-state index is -0.576. The van der Waals surface area contributed by atoms with E-state index in [4.69, 9.17) is 15.2 Å². The van der Waals surface area contributed by atoms with Crippen molar-refractivity contribution in [3.05, 3.63) is 52.6 Å². The second-order valence-electron chi connectivity index (χ2n) is 6.76. The van der Waals surface area contributed by atoms with Crippen molar-refractivity contribution in [1.82, 2.24) is 0 Å². The smallest absolute Gasteiger partial charge is 0.258 e. The second-order valence-corrected chi connectivity index (χ2v) is 6.76. The molecule has 0 bridgehead atoms. The number of nitrogens with zero attached hydrogens (tertiary/aromatic N) is 1. The van der Waals surface area contributed by atoms with E-state index < -0.39 is 5.91 Å². The Hall–Kier alpha value is -3.02. The maximum Gasteiger partial charge on any atom is 0.258 e. The van der Waals surface area contributed by atoms with Crippen molar-refractivity contribution in [3.8, 4) is 11.5 Å². The van der Waals surface area contributed by atoms with Crippen LogP contribution in [-0.2, 0) is 11.2 Å². The molecule has 0 radical (unpaired) electrons. The molecule has 0 unspecified atom stereocenters. The minimum absolute atomic E-state index is 0.0827. The summed E-state index contributed by atoms with van der Waals surface area (Å²) in [5.41, 5.74) is 10.2. The van der Waals surface area contributed by atoms with Gasteiger partial charge in [0.25, 0.3) is 11.8 Å². The van der Waals surface area contributed by atoms with Crippen LogP contribution in [-0.4, -0.2) is 32.1 Å². The Kier molecular flexibility index (Phi) is 5.35. The van der Waals surface area contributed by atoms with Crippen LogP contribution in [0.2, 0.25) is 0 Å². The van der Waals surface area contributed by atoms with Gasteiger partial charge in [0.05, 0.1) is 7.11 Å². The largest absolute Gasteiger partial charge is 0.493 e. The van der Waals surface area contributed by atoms with Gasteiger partial charge in [-0.05, 0) is 67.6 Å². The van der Waals surface area contributed by atoms with Crippen molar-refractivity contribution < 1.29 is 19.1 Å². The topological polar surface area (TPSA) is 81.9 Å². The molecule has 1 aliphatic heterocycles. The second kappa shape index (κ2) is 7.70. The molecule has 0 saturated carbocycles. The van der Waals surface area contributed by atoms with Gasteiger partial charge in [0.1, 0.15) is 0 Å². The zero-order chi connectivity index (χ0) is 19.6. The standard InChI is InChI=1S/C21H24N2O4/c1-13-9-14(2)16-5-4-8-23(17(16)10-13)21(25)15-6-7-18(19(11-15)26-3)27-12-20(22)24/h6-7,9-11H,4-5,8,12H2,1-3H3,(H2,22,24). The van der Waals surface area contributed by atoms with Crippen LogP contribution in [0, 0.1) is 13.8 Å². The molecule has 0 spiro atoms. The monoisotopic (exact) mass is 368 g/mol. The average Bonchev–Trinajstić information content (AvgIpc) is 2.65. The molecule has 0 aliphatic carbocycles. The van der Waals surface area contributed by atoms with Crippen LogP contribution in [0.4, 0.5) is 5.69 Å². The third-order valence-corrected chi connectivity index (χ3v) is 4.72. The average molecular weight is 368 g/mol. The summed E-state index contributed by atoms with van der Waals surface area (Å²) in [5.74, 6) is 0.104. The van der Waals surface area contributed by atoms with Gasteiger partial charge in [0.15, 0.2) is 18.1 Å². The van der Waals surface area contributed by atoms with E-state index >= 15 is 0 Å². The van der Waals surface area contributed by atoms with Crippen LogP contribution < -0.4 is 20.1 Å². The Labute approximate surface area is 158 Å². The number of carbonyl (C=O) groups is 2. The van der Waals surface area contributed by atoms with E-state index in [1.54, 1.807) is 18.2 Å². The Bertz CT molecular complexity index is 892. The van der Waals surface area contributed by atoms with Gasteiger partial charge >= 0.3 is 0 Å². The van der Waals surface area contributed by atoms with Gasteiger partial charge < -0.3 is 20.1 Å². The first-order valence-corrected chi connectivity index (χ1v) is 8.92. The molecule has 0 fully saturated rings. The highest BCUT2D eigenvalue weighted by atomic mass is 16.5. The SMILES string of the molecule is COc1cc(C(=O)N2CCCc3c(C)cc(C)cc32)ccc1OCC(N)=O. The van der Waals surface area contributed by atoms with Crippen molar-refractivity contribution in [2.24, 2.45) is 5.73 Å². The van der Waals surface area contributed by atoms with Gasteiger partial charge in [-0.2, -0.15) is 0 Å². The number of methoxy groups -OCH3 is 1. The molecule has 2 N–H and O–H groups in total. The number of anilines is 1. The number of amides is 2. The van der Waals surface area contributed by atoms with Crippen LogP contribution in [0.3, 0.4) is 0 Å². The first-order valence-electron chi connectivity index (χ1n) is 8.92. The summed E-state index contributed by atoms with van der Waals surface area (Å²) in [7, 11) is 1.49. The van der Waals surface area contributed by atoms with Gasteiger partial charge in [-0.15, -0.1) is 0 Å². The van der Waals surface area contributed by atoms with E-state index in [0.29, 0.717) is 23.6 Å². The summed E-state index contributed by atoms with van der Waals surface area (Å²) in [6.07, 6.45) is 1.91. The van der Waals surface area contributed by atoms with Crippen molar-refractivity contribution in [2.45, 2.75) is 26.7 Å². The fourth-order valence-electron chi connectivity index (χ4n) is 3.51. The van der Waals surface area contributed by atoms with E-state index in [0.717, 1.165) is 24.1 Å². The number of primary amides is 1. The molecule has 6 heteroatoms. The number of fused-ring (bicyclic) bond motifs is 1. The summed E-state index contributed by atoms with van der Waals surface area (Å²) in [5, 5.41) is 0. The zero-order valence-corrected chi connectivity index (χ0v) is 15.9. The Balaban J connectivity index is 1.92. The molecule has 1 heterocycles. The van der Waals surface area contributed by atoms with E-state index in [1.165, 1.54) is 18.2 Å². The van der Waals surface area contributed by atoms with Gasteiger partial charge in [-0.1, -0.05) is 6.07 Å². The van der Waals surface area contributed by atoms with Crippen molar-refractivity contribution in [2.75, 3.05) is 25.2 Å². The van der Waals surface area contributed by atoms with E-state index in [9.17, 15) is 9.59 Å². The fraction of sp³-hybridized carbons (Fsp3) is 0.333. The maximum absolute atomic E-state index is 13.2. The highest BCUT2D eigenvalue weighted by molar-refractivity contribution is 6.07. The van der Waals surface area contributed by atoms with Gasteiger partial charge in [0.2, 0.25) is 0 Å². The Morgan fingerprint density at radius 3 is 2.63 bits per heavy atom. The number of ether oxygens (including phenoxy) is 2. The predicted octanol–water partition coefficient (Wildman–Crippen LogP) is 2.77. The number of rotatable bonds is 5. The number of hydrogen-bond acceptors (Lipinski definition) is 4. The first-order chi connectivity index (χ1) is 12.9. The van der Waals surface area contributed by atoms with Crippen LogP contribution in [0.25, 0.3) is 0 Å². The normalized spacial score (nSPS) is 13.1. The highest BCUT2D eigenvalue weighted by Crippen LogP contribution is 2.34. The molecule has 3 rings (SSSR count). The third-order valence-electron chi connectivity index (χ3n) is 4.72. The molecule has 2 aromatic rings. The lowest BCUT2D eigenvalue weighted by atomic mass is 9.94. The quantitative estimate of drug-likeness (QED) is 0.880. The molecular formula is C21H24N2O4. The highest BCUT2D eigenvalue weighted by Gasteiger charge is 2.25. The summed E-state index contributed by atoms with van der Waals surface area (Å²) < 4.78 is 10.6. The molecule has 142 valence electrons. The summed E-state index contributed by atoms with van der Waals surface area (Å²) in [6.45, 7) is 4.56. The van der Waals surface area contributed by atoms with Crippen molar-refractivity contribution in [3.63, 3.8) is 0 Å². The zero-order valence-electron chi connectivity index (χ0n) is 15.9. The van der Waals surface area contributed by atoms with Gasteiger partial charge in [-0.25, -0.2) is 0 Å². The van der Waals surface area contributed by atoms with E-state index in [-0.39, 0.29) is 12.5 Å². The molecule has 1 aliphatic rings. The van der Waals surface area contributed by atoms with Crippen LogP contribution in [0.1, 0.15) is 33.5 Å². The number of aryl methyl sites for hydroxylation is 2. The minimum Gasteiger partial charge on any atom is -0.493 e. The number of hydrogen-bond donors (Lipinski definition) is 1. The molecule has 0 saturated heterocycles. The van der Waals surface area contributed by atoms with Crippen LogP contribution in [0.5, 0.6) is 11.5 Å². The lowest BCUT2D eigenvalue weighted by molar-refractivity contribution is -0.119. The summed E-state index contributed by atoms with van der Waals surface area (Å²) in [4.78, 5) is 25.9. The van der Waals surface area contributed by atoms with E-state index in [1.807, 2.05) is 11.8 Å². The number of benzene rings is 2. The van der Waals surface area contributed by atoms with Gasteiger partial charge in [0, 0.05) is 17.8 Å². The molecular weight excluding hydrogens is 344 g/mol. The summed E-state index contributed by atoms with van der Waals surface area (Å²) in [6, 6.07) is 9.16. The lowest BCUT2D eigenvalue weighted by Crippen LogP contribution is -2.35. The molecule has 0 atom stereocenters. The molecule has 2 aromatic carbocycles. The van der Waals surface area contributed by atoms with Crippen LogP contribution >= 0.6 is 0 Å². The fourth-order valence-corrected chi connectivity index (χ4v) is 3.51. The number of carbonyl (C=O) groups excluding carboxylic acids is 2. The lowest BCUT2D eigenvalue weighted by Gasteiger charge is -2.31. The Morgan fingerprint density at radius 1 is 1.15 bits per heavy atom. The van der Waals surface area contributed by atoms with Crippen molar-refractivity contribution in [1.29, 1.82) is 0 Å². The molecule has 27 heavy (non-hydrogen) atoms. The predicted molar refractivity (Wildman–Crippen MR) is 104 cm³/mol.